The fraction of sp³-hybridized carbons (Fsp3) is 0. The van der Waals surface area contributed by atoms with Crippen LogP contribution >= 0.6 is 21.9 Å². The molecule has 2 heterocycles. The van der Waals surface area contributed by atoms with Crippen molar-refractivity contribution < 1.29 is 13.9 Å². The molecule has 0 amide bonds. The molecule has 6 rings (SSSR count). The lowest BCUT2D eigenvalue weighted by Crippen LogP contribution is -2.18. The summed E-state index contributed by atoms with van der Waals surface area (Å²) < 4.78 is 23.9. The van der Waals surface area contributed by atoms with E-state index in [0.29, 0.717) is 21.9 Å². The molecule has 1 aliphatic rings. The highest BCUT2D eigenvalue weighted by atomic mass is 32.3. The zero-order valence-corrected chi connectivity index (χ0v) is 18.2. The van der Waals surface area contributed by atoms with E-state index in [0.717, 1.165) is 20.5 Å². The first-order chi connectivity index (χ1) is 15.4. The van der Waals surface area contributed by atoms with Crippen LogP contribution in [0.25, 0.3) is 31.3 Å². The third-order valence-electron chi connectivity index (χ3n) is 5.88. The number of benzene rings is 4. The van der Waals surface area contributed by atoms with Crippen molar-refractivity contribution in [2.45, 2.75) is 9.79 Å². The zero-order chi connectivity index (χ0) is 22.0. The summed E-state index contributed by atoms with van der Waals surface area (Å²) >= 11 is 1.55. The number of ketones is 1. The minimum atomic E-state index is -3.31. The van der Waals surface area contributed by atoms with Crippen molar-refractivity contribution in [1.82, 2.24) is 0 Å². The predicted octanol–water partition coefficient (Wildman–Crippen LogP) is 6.79. The van der Waals surface area contributed by atoms with E-state index in [2.05, 4.69) is 0 Å². The molecule has 0 spiro atoms. The van der Waals surface area contributed by atoms with Gasteiger partial charge < -0.3 is 0 Å². The third-order valence-corrected chi connectivity index (χ3v) is 8.94. The Morgan fingerprint density at radius 2 is 1.28 bits per heavy atom. The topological polar surface area (TPSA) is 74.6 Å². The van der Waals surface area contributed by atoms with Crippen LogP contribution < -0.4 is 5.43 Å². The molecule has 4 aromatic carbocycles. The molecule has 0 unspecified atom stereocenters. The lowest BCUT2D eigenvalue weighted by atomic mass is 9.98. The van der Waals surface area contributed by atoms with E-state index in [1.54, 1.807) is 47.7 Å². The van der Waals surface area contributed by atoms with Gasteiger partial charge in [-0.25, -0.2) is 0 Å². The number of carbonyl (C=O) groups is 1. The molecule has 0 saturated heterocycles. The van der Waals surface area contributed by atoms with Crippen molar-refractivity contribution in [3.63, 3.8) is 0 Å². The molecule has 1 aromatic heterocycles. The first-order valence-corrected chi connectivity index (χ1v) is 12.3. The summed E-state index contributed by atoms with van der Waals surface area (Å²) in [5.41, 5.74) is 2.24. The Morgan fingerprint density at radius 3 is 2.16 bits per heavy atom. The second-order valence-electron chi connectivity index (χ2n) is 7.72. The predicted molar refractivity (Wildman–Crippen MR) is 130 cm³/mol. The monoisotopic (exact) mass is 456 g/mol. The maximum absolute atomic E-state index is 12.9. The second-order valence-corrected chi connectivity index (χ2v) is 10.8. The van der Waals surface area contributed by atoms with E-state index in [1.165, 1.54) is 0 Å². The number of fused-ring (bicyclic) bond motifs is 4. The average Bonchev–Trinajstić information content (AvgIpc) is 2.82. The van der Waals surface area contributed by atoms with E-state index in [1.807, 2.05) is 48.5 Å². The lowest BCUT2D eigenvalue weighted by molar-refractivity contribution is 0.103. The van der Waals surface area contributed by atoms with Crippen molar-refractivity contribution in [2.75, 3.05) is 0 Å². The minimum absolute atomic E-state index is 0.00252. The van der Waals surface area contributed by atoms with Gasteiger partial charge in [-0.1, -0.05) is 36.4 Å². The molecule has 0 fully saturated rings. The first kappa shape index (κ1) is 19.4. The SMILES string of the molecule is O=C1c2ccccc2S(O)(O)c2cc(-c3ccc4c(=O)c5ccccc5sc4c3)ccc21. The van der Waals surface area contributed by atoms with Crippen molar-refractivity contribution in [1.29, 1.82) is 0 Å². The van der Waals surface area contributed by atoms with Crippen LogP contribution in [0.3, 0.4) is 0 Å². The highest BCUT2D eigenvalue weighted by molar-refractivity contribution is 8.24. The van der Waals surface area contributed by atoms with Gasteiger partial charge in [-0.05, 0) is 59.7 Å². The molecule has 2 N–H and O–H groups in total. The molecule has 0 radical (unpaired) electrons. The molecule has 6 heteroatoms. The van der Waals surface area contributed by atoms with Gasteiger partial charge >= 0.3 is 0 Å². The Morgan fingerprint density at radius 1 is 0.625 bits per heavy atom. The summed E-state index contributed by atoms with van der Waals surface area (Å²) in [6.45, 7) is 0. The summed E-state index contributed by atoms with van der Waals surface area (Å²) in [4.78, 5) is 26.3. The largest absolute Gasteiger partial charge is 0.290 e. The quantitative estimate of drug-likeness (QED) is 0.272. The lowest BCUT2D eigenvalue weighted by Gasteiger charge is -2.38. The Hall–Kier alpha value is -3.29. The number of rotatable bonds is 1. The van der Waals surface area contributed by atoms with E-state index < -0.39 is 10.6 Å². The van der Waals surface area contributed by atoms with Gasteiger partial charge in [0.15, 0.2) is 11.2 Å². The molecule has 0 saturated carbocycles. The fourth-order valence-electron chi connectivity index (χ4n) is 4.27. The van der Waals surface area contributed by atoms with Crippen LogP contribution in [-0.2, 0) is 0 Å². The van der Waals surface area contributed by atoms with Crippen molar-refractivity contribution in [3.05, 3.63) is 106 Å². The molecule has 32 heavy (non-hydrogen) atoms. The van der Waals surface area contributed by atoms with Crippen LogP contribution in [0.5, 0.6) is 0 Å². The van der Waals surface area contributed by atoms with E-state index >= 15 is 0 Å². The summed E-state index contributed by atoms with van der Waals surface area (Å²) in [5.74, 6) is -0.212. The summed E-state index contributed by atoms with van der Waals surface area (Å²) in [7, 11) is -3.31. The van der Waals surface area contributed by atoms with Crippen LogP contribution in [0, 0.1) is 0 Å². The molecule has 0 bridgehead atoms. The van der Waals surface area contributed by atoms with Gasteiger partial charge in [0.05, 0.1) is 9.79 Å². The van der Waals surface area contributed by atoms with Gasteiger partial charge in [-0.3, -0.25) is 18.7 Å². The minimum Gasteiger partial charge on any atom is -0.290 e. The standard InChI is InChI=1S/C26H16O4S2/c27-25-17-5-1-3-7-21(17)31-22-13-15(9-11-18(22)25)16-10-12-20-24(14-16)32(29,30)23-8-4-2-6-19(23)26(20)28/h1-14,29-30H. The van der Waals surface area contributed by atoms with Gasteiger partial charge in [-0.2, -0.15) is 0 Å². The molecule has 4 nitrogen and oxygen atoms in total. The Kier molecular flexibility index (Phi) is 4.15. The Bertz CT molecular complexity index is 1650. The molecule has 0 atom stereocenters. The van der Waals surface area contributed by atoms with Crippen LogP contribution in [-0.4, -0.2) is 14.9 Å². The molecular weight excluding hydrogens is 440 g/mol. The number of hydrogen-bond donors (Lipinski definition) is 2. The fourth-order valence-corrected chi connectivity index (χ4v) is 7.11. The van der Waals surface area contributed by atoms with Crippen LogP contribution in [0.2, 0.25) is 0 Å². The van der Waals surface area contributed by atoms with E-state index in [9.17, 15) is 18.7 Å². The Labute approximate surface area is 188 Å². The van der Waals surface area contributed by atoms with Gasteiger partial charge in [-0.15, -0.1) is 21.9 Å². The highest BCUT2D eigenvalue weighted by Crippen LogP contribution is 2.61. The number of hydrogen-bond acceptors (Lipinski definition) is 5. The van der Waals surface area contributed by atoms with E-state index in [-0.39, 0.29) is 21.0 Å². The normalized spacial score (nSPS) is 15.4. The average molecular weight is 457 g/mol. The van der Waals surface area contributed by atoms with Gasteiger partial charge in [0, 0.05) is 31.3 Å². The van der Waals surface area contributed by atoms with Crippen molar-refractivity contribution in [3.8, 4) is 11.1 Å². The van der Waals surface area contributed by atoms with Crippen molar-refractivity contribution in [2.24, 2.45) is 0 Å². The smallest absolute Gasteiger partial charge is 0.196 e. The summed E-state index contributed by atoms with van der Waals surface area (Å²) in [6.07, 6.45) is 0. The van der Waals surface area contributed by atoms with Crippen LogP contribution in [0.1, 0.15) is 15.9 Å². The number of carbonyl (C=O) groups excluding carboxylic acids is 1. The zero-order valence-electron chi connectivity index (χ0n) is 16.6. The van der Waals surface area contributed by atoms with Gasteiger partial charge in [0.25, 0.3) is 0 Å². The summed E-state index contributed by atoms with van der Waals surface area (Å²) in [5, 5.41) is 1.36. The molecule has 0 aliphatic carbocycles. The molecule has 156 valence electrons. The maximum atomic E-state index is 12.9. The maximum Gasteiger partial charge on any atom is 0.196 e. The second kappa shape index (κ2) is 6.85. The van der Waals surface area contributed by atoms with Crippen molar-refractivity contribution >= 4 is 47.9 Å². The molecular formula is C26H16O4S2. The van der Waals surface area contributed by atoms with Gasteiger partial charge in [0.2, 0.25) is 0 Å². The summed E-state index contributed by atoms with van der Waals surface area (Å²) in [6, 6.07) is 25.0. The first-order valence-electron chi connectivity index (χ1n) is 9.97. The van der Waals surface area contributed by atoms with Crippen LogP contribution in [0.15, 0.2) is 99.5 Å². The van der Waals surface area contributed by atoms with Crippen LogP contribution in [0.4, 0.5) is 0 Å². The Balaban J connectivity index is 1.54. The third kappa shape index (κ3) is 2.71. The van der Waals surface area contributed by atoms with Gasteiger partial charge in [0.1, 0.15) is 0 Å². The van der Waals surface area contributed by atoms with E-state index in [4.69, 9.17) is 0 Å². The molecule has 1 aliphatic heterocycles. The molecule has 5 aromatic rings. The highest BCUT2D eigenvalue weighted by Gasteiger charge is 2.35.